The zero-order chi connectivity index (χ0) is 19.2. The highest BCUT2D eigenvalue weighted by atomic mass is 35.5. The van der Waals surface area contributed by atoms with Gasteiger partial charge in [-0.05, 0) is 49.2 Å². The van der Waals surface area contributed by atoms with Crippen LogP contribution >= 0.6 is 22.9 Å². The summed E-state index contributed by atoms with van der Waals surface area (Å²) < 4.78 is 5.79. The highest BCUT2D eigenvalue weighted by molar-refractivity contribution is 7.13. The largest absolute Gasteiger partial charge is 0.489 e. The number of hydrazone groups is 1. The van der Waals surface area contributed by atoms with Gasteiger partial charge in [0.2, 0.25) is 0 Å². The summed E-state index contributed by atoms with van der Waals surface area (Å²) in [5, 5.41) is 5.57. The van der Waals surface area contributed by atoms with Crippen molar-refractivity contribution in [1.82, 2.24) is 10.4 Å². The van der Waals surface area contributed by atoms with Crippen LogP contribution in [0.15, 0.2) is 53.6 Å². The van der Waals surface area contributed by atoms with E-state index in [9.17, 15) is 4.79 Å². The quantitative estimate of drug-likeness (QED) is 0.480. The van der Waals surface area contributed by atoms with Crippen LogP contribution in [-0.2, 0) is 6.61 Å². The number of hydrogen-bond donors (Lipinski definition) is 1. The molecule has 0 saturated heterocycles. The molecule has 27 heavy (non-hydrogen) atoms. The van der Waals surface area contributed by atoms with Gasteiger partial charge in [-0.3, -0.25) is 4.79 Å². The lowest BCUT2D eigenvalue weighted by Crippen LogP contribution is -2.17. The summed E-state index contributed by atoms with van der Waals surface area (Å²) >= 11 is 7.23. The Morgan fingerprint density at radius 3 is 2.74 bits per heavy atom. The Bertz CT molecular complexity index is 968. The lowest BCUT2D eigenvalue weighted by atomic mass is 10.2. The summed E-state index contributed by atoms with van der Waals surface area (Å²) in [7, 11) is 0. The predicted octanol–water partition coefficient (Wildman–Crippen LogP) is 4.76. The van der Waals surface area contributed by atoms with Crippen LogP contribution in [0.25, 0.3) is 0 Å². The van der Waals surface area contributed by atoms with E-state index in [4.69, 9.17) is 16.3 Å². The van der Waals surface area contributed by atoms with Crippen LogP contribution < -0.4 is 10.2 Å². The summed E-state index contributed by atoms with van der Waals surface area (Å²) in [5.74, 6) is 0.457. The van der Waals surface area contributed by atoms with Crippen molar-refractivity contribution in [3.63, 3.8) is 0 Å². The number of nitrogens with one attached hydrogen (secondary N) is 1. The van der Waals surface area contributed by atoms with E-state index in [-0.39, 0.29) is 5.91 Å². The number of rotatable bonds is 6. The Hall–Kier alpha value is -2.70. The van der Waals surface area contributed by atoms with Gasteiger partial charge in [0, 0.05) is 5.02 Å². The van der Waals surface area contributed by atoms with E-state index in [0.29, 0.717) is 28.0 Å². The second-order valence-electron chi connectivity index (χ2n) is 5.83. The summed E-state index contributed by atoms with van der Waals surface area (Å²) in [6, 6.07) is 15.0. The molecule has 0 saturated carbocycles. The first-order valence-electron chi connectivity index (χ1n) is 8.26. The van der Waals surface area contributed by atoms with Crippen LogP contribution in [0.1, 0.15) is 31.5 Å². The number of amides is 1. The molecule has 2 aromatic carbocycles. The molecule has 0 radical (unpaired) electrons. The van der Waals surface area contributed by atoms with Crippen molar-refractivity contribution >= 4 is 35.1 Å². The Morgan fingerprint density at radius 2 is 2.04 bits per heavy atom. The fourth-order valence-corrected chi connectivity index (χ4v) is 3.33. The van der Waals surface area contributed by atoms with E-state index < -0.39 is 0 Å². The maximum atomic E-state index is 12.1. The summed E-state index contributed by atoms with van der Waals surface area (Å²) in [4.78, 5) is 16.9. The number of carbonyl (C=O) groups excluding carboxylic acids is 1. The summed E-state index contributed by atoms with van der Waals surface area (Å²) in [5.41, 5.74) is 5.09. The van der Waals surface area contributed by atoms with Crippen molar-refractivity contribution < 1.29 is 9.53 Å². The van der Waals surface area contributed by atoms with Crippen molar-refractivity contribution in [2.75, 3.05) is 0 Å². The number of aromatic nitrogens is 1. The van der Waals surface area contributed by atoms with E-state index in [1.54, 1.807) is 6.21 Å². The van der Waals surface area contributed by atoms with Crippen LogP contribution in [0.3, 0.4) is 0 Å². The number of halogens is 1. The first-order chi connectivity index (χ1) is 13.0. The molecule has 7 heteroatoms. The minimum Gasteiger partial charge on any atom is -0.489 e. The number of nitrogens with zero attached hydrogens (tertiary/aromatic N) is 2. The second-order valence-corrected chi connectivity index (χ2v) is 7.47. The monoisotopic (exact) mass is 399 g/mol. The van der Waals surface area contributed by atoms with Gasteiger partial charge in [0.1, 0.15) is 17.2 Å². The molecule has 1 N–H and O–H groups in total. The average molecular weight is 400 g/mol. The van der Waals surface area contributed by atoms with Gasteiger partial charge >= 0.3 is 0 Å². The van der Waals surface area contributed by atoms with Gasteiger partial charge in [0.15, 0.2) is 0 Å². The average Bonchev–Trinajstić information content (AvgIpc) is 3.00. The van der Waals surface area contributed by atoms with Crippen molar-refractivity contribution in [3.05, 3.63) is 80.3 Å². The number of carbonyl (C=O) groups is 1. The van der Waals surface area contributed by atoms with Gasteiger partial charge < -0.3 is 4.74 Å². The fraction of sp³-hybridized carbons (Fsp3) is 0.150. The molecule has 0 aliphatic heterocycles. The molecule has 1 amide bonds. The first-order valence-corrected chi connectivity index (χ1v) is 9.45. The molecule has 0 aliphatic rings. The maximum Gasteiger partial charge on any atom is 0.283 e. The highest BCUT2D eigenvalue weighted by Gasteiger charge is 2.12. The summed E-state index contributed by atoms with van der Waals surface area (Å²) in [6.07, 6.45) is 1.58. The van der Waals surface area contributed by atoms with Gasteiger partial charge in [-0.15, -0.1) is 11.3 Å². The molecule has 0 unspecified atom stereocenters. The van der Waals surface area contributed by atoms with Crippen LogP contribution in [0.2, 0.25) is 5.02 Å². The molecule has 1 heterocycles. The Labute approximate surface area is 166 Å². The lowest BCUT2D eigenvalue weighted by molar-refractivity contribution is 0.0958. The topological polar surface area (TPSA) is 63.6 Å². The Morgan fingerprint density at radius 1 is 1.26 bits per heavy atom. The van der Waals surface area contributed by atoms with Gasteiger partial charge in [0.05, 0.1) is 16.9 Å². The molecule has 3 aromatic rings. The number of ether oxygens (including phenoxy) is 1. The lowest BCUT2D eigenvalue weighted by Gasteiger charge is -2.07. The molecule has 0 atom stereocenters. The SMILES string of the molecule is Cc1nc(C)c(C(=O)N/N=C/c2cccc(OCc3ccc(Cl)cc3)c2)s1. The molecule has 5 nitrogen and oxygen atoms in total. The predicted molar refractivity (Wildman–Crippen MR) is 109 cm³/mol. The molecule has 0 spiro atoms. The molecule has 0 bridgehead atoms. The van der Waals surface area contributed by atoms with E-state index in [0.717, 1.165) is 16.1 Å². The van der Waals surface area contributed by atoms with Gasteiger partial charge in [-0.25, -0.2) is 10.4 Å². The molecule has 138 valence electrons. The molecular weight excluding hydrogens is 382 g/mol. The third-order valence-corrected chi connectivity index (χ3v) is 4.99. The molecule has 0 fully saturated rings. The van der Waals surface area contributed by atoms with Gasteiger partial charge in [-0.2, -0.15) is 5.10 Å². The fourth-order valence-electron chi connectivity index (χ4n) is 2.39. The third-order valence-electron chi connectivity index (χ3n) is 3.67. The first kappa shape index (κ1) is 19.1. The Balaban J connectivity index is 1.58. The number of benzene rings is 2. The van der Waals surface area contributed by atoms with E-state index >= 15 is 0 Å². The van der Waals surface area contributed by atoms with Crippen molar-refractivity contribution in [3.8, 4) is 5.75 Å². The summed E-state index contributed by atoms with van der Waals surface area (Å²) in [6.45, 7) is 4.12. The normalized spacial score (nSPS) is 10.9. The van der Waals surface area contributed by atoms with Crippen molar-refractivity contribution in [2.45, 2.75) is 20.5 Å². The Kier molecular flexibility index (Phi) is 6.21. The molecule has 1 aromatic heterocycles. The van der Waals surface area contributed by atoms with Crippen LogP contribution in [0, 0.1) is 13.8 Å². The number of thiazole rings is 1. The van der Waals surface area contributed by atoms with Crippen molar-refractivity contribution in [2.24, 2.45) is 5.10 Å². The number of hydrogen-bond acceptors (Lipinski definition) is 5. The standard InChI is InChI=1S/C20H18ClN3O2S/c1-13-19(27-14(2)23-13)20(25)24-22-11-16-4-3-5-18(10-16)26-12-15-6-8-17(21)9-7-15/h3-11H,12H2,1-2H3,(H,24,25)/b22-11+. The second kappa shape index (κ2) is 8.79. The van der Waals surface area contributed by atoms with E-state index in [1.165, 1.54) is 11.3 Å². The highest BCUT2D eigenvalue weighted by Crippen LogP contribution is 2.17. The van der Waals surface area contributed by atoms with Crippen LogP contribution in [0.4, 0.5) is 0 Å². The minimum absolute atomic E-state index is 0.260. The van der Waals surface area contributed by atoms with Crippen molar-refractivity contribution in [1.29, 1.82) is 0 Å². The zero-order valence-electron chi connectivity index (χ0n) is 14.9. The molecule has 0 aliphatic carbocycles. The minimum atomic E-state index is -0.260. The van der Waals surface area contributed by atoms with Crippen LogP contribution in [-0.4, -0.2) is 17.1 Å². The van der Waals surface area contributed by atoms with Gasteiger partial charge in [-0.1, -0.05) is 35.9 Å². The molecule has 3 rings (SSSR count). The molecular formula is C20H18ClN3O2S. The zero-order valence-corrected chi connectivity index (χ0v) is 16.5. The smallest absolute Gasteiger partial charge is 0.283 e. The van der Waals surface area contributed by atoms with Crippen LogP contribution in [0.5, 0.6) is 5.75 Å². The third kappa shape index (κ3) is 5.39. The van der Waals surface area contributed by atoms with Gasteiger partial charge in [0.25, 0.3) is 5.91 Å². The number of aryl methyl sites for hydroxylation is 2. The van der Waals surface area contributed by atoms with E-state index in [2.05, 4.69) is 15.5 Å². The maximum absolute atomic E-state index is 12.1. The van der Waals surface area contributed by atoms with E-state index in [1.807, 2.05) is 62.4 Å².